The number of benzene rings is 1. The molecule has 2 rings (SSSR count). The molecule has 0 aliphatic rings. The summed E-state index contributed by atoms with van der Waals surface area (Å²) in [6.45, 7) is 0.492. The van der Waals surface area contributed by atoms with Crippen molar-refractivity contribution in [3.05, 3.63) is 41.4 Å². The fourth-order valence-corrected chi connectivity index (χ4v) is 1.42. The van der Waals surface area contributed by atoms with E-state index < -0.39 is 0 Å². The second kappa shape index (κ2) is 3.77. The lowest BCUT2D eigenvalue weighted by Gasteiger charge is -2.05. The highest BCUT2D eigenvalue weighted by molar-refractivity contribution is 6.32. The average Bonchev–Trinajstić information content (AvgIpc) is 2.71. The van der Waals surface area contributed by atoms with Crippen molar-refractivity contribution in [2.75, 3.05) is 0 Å². The molecule has 0 atom stereocenters. The number of hydrogen-bond acceptors (Lipinski definition) is 3. The van der Waals surface area contributed by atoms with Gasteiger partial charge in [-0.15, -0.1) is 10.2 Å². The van der Waals surface area contributed by atoms with E-state index in [1.165, 1.54) is 0 Å². The first kappa shape index (κ1) is 9.18. The van der Waals surface area contributed by atoms with Gasteiger partial charge in [0.15, 0.2) is 0 Å². The van der Waals surface area contributed by atoms with E-state index in [4.69, 9.17) is 17.3 Å². The Morgan fingerprint density at radius 2 is 2.00 bits per heavy atom. The third-order valence-electron chi connectivity index (χ3n) is 1.94. The van der Waals surface area contributed by atoms with E-state index >= 15 is 0 Å². The molecule has 1 aromatic carbocycles. The van der Waals surface area contributed by atoms with Crippen molar-refractivity contribution in [3.63, 3.8) is 0 Å². The molecule has 0 spiro atoms. The molecule has 0 amide bonds. The lowest BCUT2D eigenvalue weighted by molar-refractivity contribution is 1.02. The predicted molar refractivity (Wildman–Crippen MR) is 54.3 cm³/mol. The molecule has 0 saturated carbocycles. The van der Waals surface area contributed by atoms with Crippen molar-refractivity contribution in [2.24, 2.45) is 5.73 Å². The summed E-state index contributed by atoms with van der Waals surface area (Å²) < 4.78 is 1.75. The van der Waals surface area contributed by atoms with Crippen LogP contribution in [0.1, 0.15) is 5.56 Å². The van der Waals surface area contributed by atoms with E-state index in [1.54, 1.807) is 17.2 Å². The van der Waals surface area contributed by atoms with Gasteiger partial charge in [0.25, 0.3) is 0 Å². The number of rotatable bonds is 2. The quantitative estimate of drug-likeness (QED) is 0.811. The molecule has 14 heavy (non-hydrogen) atoms. The summed E-state index contributed by atoms with van der Waals surface area (Å²) >= 11 is 6.03. The van der Waals surface area contributed by atoms with Crippen LogP contribution in [-0.4, -0.2) is 14.8 Å². The molecular weight excluding hydrogens is 200 g/mol. The molecule has 0 fully saturated rings. The van der Waals surface area contributed by atoms with Crippen LogP contribution in [0.15, 0.2) is 30.9 Å². The highest BCUT2D eigenvalue weighted by Crippen LogP contribution is 2.20. The standard InChI is InChI=1S/C9H9ClN4/c10-8-2-1-7(4-11)3-9(8)14-5-12-13-6-14/h1-3,5-6H,4,11H2. The molecule has 0 saturated heterocycles. The van der Waals surface area contributed by atoms with Gasteiger partial charge in [-0.3, -0.25) is 4.57 Å². The molecule has 1 aromatic heterocycles. The predicted octanol–water partition coefficient (Wildman–Crippen LogP) is 1.38. The van der Waals surface area contributed by atoms with Crippen LogP contribution in [0.3, 0.4) is 0 Å². The zero-order valence-corrected chi connectivity index (χ0v) is 8.15. The van der Waals surface area contributed by atoms with Crippen LogP contribution in [0.5, 0.6) is 0 Å². The van der Waals surface area contributed by atoms with Gasteiger partial charge in [0.2, 0.25) is 0 Å². The van der Waals surface area contributed by atoms with Crippen molar-refractivity contribution in [3.8, 4) is 5.69 Å². The largest absolute Gasteiger partial charge is 0.326 e. The Balaban J connectivity index is 2.51. The van der Waals surface area contributed by atoms with Crippen LogP contribution in [0.2, 0.25) is 5.02 Å². The molecule has 4 nitrogen and oxygen atoms in total. The molecule has 2 N–H and O–H groups in total. The minimum atomic E-state index is 0.492. The van der Waals surface area contributed by atoms with E-state index in [0.717, 1.165) is 11.3 Å². The minimum Gasteiger partial charge on any atom is -0.326 e. The van der Waals surface area contributed by atoms with Gasteiger partial charge in [-0.05, 0) is 17.7 Å². The van der Waals surface area contributed by atoms with Crippen LogP contribution in [0, 0.1) is 0 Å². The van der Waals surface area contributed by atoms with E-state index in [-0.39, 0.29) is 0 Å². The van der Waals surface area contributed by atoms with Crippen molar-refractivity contribution >= 4 is 11.6 Å². The van der Waals surface area contributed by atoms with Gasteiger partial charge < -0.3 is 5.73 Å². The van der Waals surface area contributed by atoms with Crippen molar-refractivity contribution in [1.82, 2.24) is 14.8 Å². The molecule has 0 unspecified atom stereocenters. The highest BCUT2D eigenvalue weighted by Gasteiger charge is 2.03. The molecule has 72 valence electrons. The van der Waals surface area contributed by atoms with Crippen molar-refractivity contribution < 1.29 is 0 Å². The first-order chi connectivity index (χ1) is 6.81. The first-order valence-corrected chi connectivity index (χ1v) is 4.52. The summed E-state index contributed by atoms with van der Waals surface area (Å²) in [5.41, 5.74) is 7.41. The maximum Gasteiger partial charge on any atom is 0.123 e. The normalized spacial score (nSPS) is 10.4. The lowest BCUT2D eigenvalue weighted by Crippen LogP contribution is -1.99. The highest BCUT2D eigenvalue weighted by atomic mass is 35.5. The van der Waals surface area contributed by atoms with Gasteiger partial charge in [0, 0.05) is 6.54 Å². The van der Waals surface area contributed by atoms with Crippen molar-refractivity contribution in [2.45, 2.75) is 6.54 Å². The summed E-state index contributed by atoms with van der Waals surface area (Å²) in [7, 11) is 0. The summed E-state index contributed by atoms with van der Waals surface area (Å²) in [5.74, 6) is 0. The van der Waals surface area contributed by atoms with E-state index in [1.807, 2.05) is 18.2 Å². The van der Waals surface area contributed by atoms with E-state index in [2.05, 4.69) is 10.2 Å². The molecule has 2 aromatic rings. The Morgan fingerprint density at radius 1 is 1.29 bits per heavy atom. The molecular formula is C9H9ClN4. The third-order valence-corrected chi connectivity index (χ3v) is 2.26. The fraction of sp³-hybridized carbons (Fsp3) is 0.111. The Bertz CT molecular complexity index is 424. The van der Waals surface area contributed by atoms with E-state index in [0.29, 0.717) is 11.6 Å². The monoisotopic (exact) mass is 208 g/mol. The Kier molecular flexibility index (Phi) is 2.47. The van der Waals surface area contributed by atoms with Crippen LogP contribution in [-0.2, 0) is 6.54 Å². The summed E-state index contributed by atoms with van der Waals surface area (Å²) in [6.07, 6.45) is 3.20. The summed E-state index contributed by atoms with van der Waals surface area (Å²) in [6, 6.07) is 5.64. The summed E-state index contributed by atoms with van der Waals surface area (Å²) in [4.78, 5) is 0. The second-order valence-electron chi connectivity index (χ2n) is 2.86. The SMILES string of the molecule is NCc1ccc(Cl)c(-n2cnnc2)c1. The van der Waals surface area contributed by atoms with Gasteiger partial charge in [-0.25, -0.2) is 0 Å². The Labute approximate surface area is 86.3 Å². The number of hydrogen-bond donors (Lipinski definition) is 1. The van der Waals surface area contributed by atoms with Crippen molar-refractivity contribution in [1.29, 1.82) is 0 Å². The maximum atomic E-state index is 6.03. The molecule has 5 heteroatoms. The van der Waals surface area contributed by atoms with Crippen LogP contribution in [0.4, 0.5) is 0 Å². The number of aromatic nitrogens is 3. The van der Waals surface area contributed by atoms with Gasteiger partial charge >= 0.3 is 0 Å². The van der Waals surface area contributed by atoms with Crippen LogP contribution < -0.4 is 5.73 Å². The lowest BCUT2D eigenvalue weighted by atomic mass is 10.2. The average molecular weight is 209 g/mol. The Hall–Kier alpha value is -1.39. The van der Waals surface area contributed by atoms with Gasteiger partial charge in [-0.2, -0.15) is 0 Å². The van der Waals surface area contributed by atoms with Crippen LogP contribution >= 0.6 is 11.6 Å². The maximum absolute atomic E-state index is 6.03. The molecule has 0 radical (unpaired) electrons. The van der Waals surface area contributed by atoms with Crippen LogP contribution in [0.25, 0.3) is 5.69 Å². The molecule has 0 aliphatic heterocycles. The number of nitrogens with two attached hydrogens (primary N) is 1. The first-order valence-electron chi connectivity index (χ1n) is 4.15. The Morgan fingerprint density at radius 3 is 2.64 bits per heavy atom. The fourth-order valence-electron chi connectivity index (χ4n) is 1.21. The number of nitrogens with zero attached hydrogens (tertiary/aromatic N) is 3. The van der Waals surface area contributed by atoms with Gasteiger partial charge in [0.1, 0.15) is 12.7 Å². The van der Waals surface area contributed by atoms with E-state index in [9.17, 15) is 0 Å². The number of halogens is 1. The summed E-state index contributed by atoms with van der Waals surface area (Å²) in [5, 5.41) is 8.09. The third kappa shape index (κ3) is 1.62. The molecule has 1 heterocycles. The topological polar surface area (TPSA) is 56.7 Å². The minimum absolute atomic E-state index is 0.492. The smallest absolute Gasteiger partial charge is 0.123 e. The second-order valence-corrected chi connectivity index (χ2v) is 3.27. The molecule has 0 bridgehead atoms. The van der Waals surface area contributed by atoms with Gasteiger partial charge in [0.05, 0.1) is 10.7 Å². The molecule has 0 aliphatic carbocycles. The van der Waals surface area contributed by atoms with Gasteiger partial charge in [-0.1, -0.05) is 17.7 Å². The zero-order valence-electron chi connectivity index (χ0n) is 7.39. The zero-order chi connectivity index (χ0) is 9.97.